The van der Waals surface area contributed by atoms with Crippen molar-refractivity contribution >= 4 is 0 Å². The Morgan fingerprint density at radius 3 is 2.43 bits per heavy atom. The van der Waals surface area contributed by atoms with Crippen LogP contribution in [0.1, 0.15) is 32.6 Å². The minimum Gasteiger partial charge on any atom is -0.385 e. The van der Waals surface area contributed by atoms with Crippen molar-refractivity contribution in [3.8, 4) is 11.3 Å². The van der Waals surface area contributed by atoms with Crippen LogP contribution in [0.25, 0.3) is 11.3 Å². The minimum absolute atomic E-state index is 0.0600. The van der Waals surface area contributed by atoms with Crippen molar-refractivity contribution < 1.29 is 9.50 Å². The van der Waals surface area contributed by atoms with Crippen molar-refractivity contribution in [2.75, 3.05) is 6.54 Å². The highest BCUT2D eigenvalue weighted by Crippen LogP contribution is 2.20. The van der Waals surface area contributed by atoms with Crippen LogP contribution in [0.4, 0.5) is 4.39 Å². The van der Waals surface area contributed by atoms with E-state index in [-0.39, 0.29) is 11.4 Å². The molecule has 2 aromatic rings. The maximum atomic E-state index is 13.0. The predicted molar refractivity (Wildman–Crippen MR) is 82.3 cm³/mol. The molecule has 1 heterocycles. The Bertz CT molecular complexity index is 590. The lowest BCUT2D eigenvalue weighted by Crippen LogP contribution is -2.38. The van der Waals surface area contributed by atoms with Gasteiger partial charge in [0.25, 0.3) is 0 Å². The summed E-state index contributed by atoms with van der Waals surface area (Å²) in [4.78, 5) is 4.46. The molecule has 0 saturated carbocycles. The number of rotatable bonds is 4. The van der Waals surface area contributed by atoms with Gasteiger partial charge in [-0.1, -0.05) is 6.07 Å². The van der Waals surface area contributed by atoms with Gasteiger partial charge in [-0.05, 0) is 57.2 Å². The van der Waals surface area contributed by atoms with Gasteiger partial charge >= 0.3 is 0 Å². The van der Waals surface area contributed by atoms with Crippen LogP contribution in [0.15, 0.2) is 42.5 Å². The van der Waals surface area contributed by atoms with Gasteiger partial charge in [-0.2, -0.15) is 0 Å². The summed E-state index contributed by atoms with van der Waals surface area (Å²) in [5, 5.41) is 13.5. The molecule has 0 saturated heterocycles. The molecule has 1 aromatic carbocycles. The number of nitrogens with zero attached hydrogens (tertiary/aromatic N) is 1. The lowest BCUT2D eigenvalue weighted by Gasteiger charge is -2.22. The Morgan fingerprint density at radius 2 is 1.81 bits per heavy atom. The number of halogens is 1. The van der Waals surface area contributed by atoms with Gasteiger partial charge < -0.3 is 10.4 Å². The van der Waals surface area contributed by atoms with E-state index in [2.05, 4.69) is 10.3 Å². The fourth-order valence-corrected chi connectivity index (χ4v) is 1.93. The zero-order valence-electron chi connectivity index (χ0n) is 12.6. The zero-order chi connectivity index (χ0) is 15.5. The van der Waals surface area contributed by atoms with Crippen molar-refractivity contribution in [1.29, 1.82) is 0 Å². The summed E-state index contributed by atoms with van der Waals surface area (Å²) in [5.41, 5.74) is 2.10. The Kier molecular flexibility index (Phi) is 4.70. The molecule has 2 rings (SSSR count). The molecular formula is C17H21FN2O. The third-order valence-corrected chi connectivity index (χ3v) is 3.08. The normalized spacial score (nSPS) is 13.2. The van der Waals surface area contributed by atoms with Gasteiger partial charge in [-0.3, -0.25) is 4.98 Å². The van der Waals surface area contributed by atoms with Crippen LogP contribution in [0.5, 0.6) is 0 Å². The Morgan fingerprint density at radius 1 is 1.14 bits per heavy atom. The summed E-state index contributed by atoms with van der Waals surface area (Å²) >= 11 is 0. The van der Waals surface area contributed by atoms with Crippen LogP contribution in [0, 0.1) is 5.82 Å². The fourth-order valence-electron chi connectivity index (χ4n) is 1.93. The number of pyridine rings is 1. The van der Waals surface area contributed by atoms with E-state index in [9.17, 15) is 9.50 Å². The predicted octanol–water partition coefficient (Wildman–Crippen LogP) is 3.31. The number of aliphatic hydroxyl groups excluding tert-OH is 1. The number of hydrogen-bond acceptors (Lipinski definition) is 3. The van der Waals surface area contributed by atoms with Crippen LogP contribution in [-0.2, 0) is 0 Å². The number of aliphatic hydroxyl groups is 1. The van der Waals surface area contributed by atoms with Gasteiger partial charge in [0.1, 0.15) is 11.9 Å². The van der Waals surface area contributed by atoms with E-state index in [1.807, 2.05) is 32.9 Å². The van der Waals surface area contributed by atoms with Gasteiger partial charge in [0.15, 0.2) is 0 Å². The van der Waals surface area contributed by atoms with Crippen LogP contribution in [-0.4, -0.2) is 22.2 Å². The molecule has 0 aliphatic heterocycles. The third kappa shape index (κ3) is 4.62. The second kappa shape index (κ2) is 6.33. The maximum absolute atomic E-state index is 13.0. The highest BCUT2D eigenvalue weighted by atomic mass is 19.1. The van der Waals surface area contributed by atoms with Gasteiger partial charge in [-0.25, -0.2) is 4.39 Å². The molecule has 0 radical (unpaired) electrons. The Labute approximate surface area is 124 Å². The van der Waals surface area contributed by atoms with E-state index in [0.29, 0.717) is 12.2 Å². The molecule has 1 aromatic heterocycles. The Balaban J connectivity index is 2.15. The van der Waals surface area contributed by atoms with Crippen LogP contribution in [0.3, 0.4) is 0 Å². The molecule has 112 valence electrons. The molecule has 0 aliphatic rings. The second-order valence-electron chi connectivity index (χ2n) is 6.10. The summed E-state index contributed by atoms with van der Waals surface area (Å²) in [7, 11) is 0. The minimum atomic E-state index is -0.676. The first-order valence-corrected chi connectivity index (χ1v) is 7.01. The van der Waals surface area contributed by atoms with Crippen molar-refractivity contribution in [1.82, 2.24) is 10.3 Å². The zero-order valence-corrected chi connectivity index (χ0v) is 12.6. The number of aromatic nitrogens is 1. The van der Waals surface area contributed by atoms with E-state index in [1.165, 1.54) is 12.1 Å². The van der Waals surface area contributed by atoms with Gasteiger partial charge in [-0.15, -0.1) is 0 Å². The van der Waals surface area contributed by atoms with E-state index in [4.69, 9.17) is 0 Å². The summed E-state index contributed by atoms with van der Waals surface area (Å²) in [6.45, 7) is 6.57. The molecule has 0 amide bonds. The summed E-state index contributed by atoms with van der Waals surface area (Å²) in [5.74, 6) is -0.274. The molecule has 3 nitrogen and oxygen atoms in total. The SMILES string of the molecule is CC(C)(C)NC[C@H](O)c1cccc(-c2ccc(F)cc2)n1. The van der Waals surface area contributed by atoms with Gasteiger partial charge in [0, 0.05) is 17.6 Å². The standard InChI is InChI=1S/C17H21FN2O/c1-17(2,3)19-11-16(21)15-6-4-5-14(20-15)12-7-9-13(18)10-8-12/h4-10,16,19,21H,11H2,1-3H3/t16-/m0/s1. The smallest absolute Gasteiger partial charge is 0.123 e. The highest BCUT2D eigenvalue weighted by molar-refractivity contribution is 5.58. The number of β-amino-alcohol motifs (C(OH)–C–C–N with tert-alkyl or cyclic N) is 1. The molecule has 0 spiro atoms. The first kappa shape index (κ1) is 15.6. The maximum Gasteiger partial charge on any atom is 0.123 e. The Hall–Kier alpha value is -1.78. The average molecular weight is 288 g/mol. The van der Waals surface area contributed by atoms with Crippen molar-refractivity contribution in [2.45, 2.75) is 32.4 Å². The number of benzene rings is 1. The van der Waals surface area contributed by atoms with E-state index >= 15 is 0 Å². The van der Waals surface area contributed by atoms with Gasteiger partial charge in [0.05, 0.1) is 11.4 Å². The third-order valence-electron chi connectivity index (χ3n) is 3.08. The summed E-state index contributed by atoms with van der Waals surface area (Å²) in [6.07, 6.45) is -0.676. The molecule has 0 fully saturated rings. The lowest BCUT2D eigenvalue weighted by molar-refractivity contribution is 0.159. The number of nitrogens with one attached hydrogen (secondary N) is 1. The summed E-state index contributed by atoms with van der Waals surface area (Å²) < 4.78 is 13.0. The van der Waals surface area contributed by atoms with Gasteiger partial charge in [0.2, 0.25) is 0 Å². The second-order valence-corrected chi connectivity index (χ2v) is 6.10. The van der Waals surface area contributed by atoms with Crippen LogP contribution in [0.2, 0.25) is 0 Å². The average Bonchev–Trinajstić information content (AvgIpc) is 2.45. The van der Waals surface area contributed by atoms with Crippen LogP contribution < -0.4 is 5.32 Å². The fraction of sp³-hybridized carbons (Fsp3) is 0.353. The molecule has 21 heavy (non-hydrogen) atoms. The molecule has 0 aliphatic carbocycles. The highest BCUT2D eigenvalue weighted by Gasteiger charge is 2.15. The van der Waals surface area contributed by atoms with Crippen molar-refractivity contribution in [3.05, 3.63) is 54.0 Å². The van der Waals surface area contributed by atoms with E-state index in [0.717, 1.165) is 11.3 Å². The first-order valence-electron chi connectivity index (χ1n) is 7.01. The molecule has 0 unspecified atom stereocenters. The largest absolute Gasteiger partial charge is 0.385 e. The molecule has 2 N–H and O–H groups in total. The van der Waals surface area contributed by atoms with Crippen LogP contribution >= 0.6 is 0 Å². The molecular weight excluding hydrogens is 267 g/mol. The lowest BCUT2D eigenvalue weighted by atomic mass is 10.1. The molecule has 4 heteroatoms. The monoisotopic (exact) mass is 288 g/mol. The van der Waals surface area contributed by atoms with Crippen molar-refractivity contribution in [3.63, 3.8) is 0 Å². The quantitative estimate of drug-likeness (QED) is 0.907. The topological polar surface area (TPSA) is 45.1 Å². The van der Waals surface area contributed by atoms with E-state index < -0.39 is 6.10 Å². The summed E-state index contributed by atoms with van der Waals surface area (Å²) in [6, 6.07) is 11.7. The first-order chi connectivity index (χ1) is 9.85. The number of hydrogen-bond donors (Lipinski definition) is 2. The van der Waals surface area contributed by atoms with E-state index in [1.54, 1.807) is 18.2 Å². The molecule has 0 bridgehead atoms. The van der Waals surface area contributed by atoms with Crippen molar-refractivity contribution in [2.24, 2.45) is 0 Å². The molecule has 1 atom stereocenters.